The predicted octanol–water partition coefficient (Wildman–Crippen LogP) is 2.37. The summed E-state index contributed by atoms with van der Waals surface area (Å²) in [6.45, 7) is 4.21. The quantitative estimate of drug-likeness (QED) is 0.833. The highest BCUT2D eigenvalue weighted by atomic mass is 35.5. The van der Waals surface area contributed by atoms with E-state index in [1.807, 2.05) is 0 Å². The standard InChI is InChI=1S/C18H20ClN3O4S/c1-11-16(12-6-8-22(11)9-7-12)21-17(23)18-20-10-15(26-18)27(24,25)14-4-2-13(19)3-5-14/h2-5,10-12,16H,6-9H2,1H3,(H,21,23)/t11-,16+/m1/s1. The second kappa shape index (κ2) is 6.92. The van der Waals surface area contributed by atoms with E-state index in [4.69, 9.17) is 16.0 Å². The number of carbonyl (C=O) groups excluding carboxylic acids is 1. The Balaban J connectivity index is 1.52. The van der Waals surface area contributed by atoms with Gasteiger partial charge in [0.15, 0.2) is 0 Å². The highest BCUT2D eigenvalue weighted by Gasteiger charge is 2.41. The number of halogens is 1. The zero-order valence-corrected chi connectivity index (χ0v) is 16.3. The zero-order valence-electron chi connectivity index (χ0n) is 14.8. The van der Waals surface area contributed by atoms with Crippen molar-refractivity contribution in [3.05, 3.63) is 41.4 Å². The van der Waals surface area contributed by atoms with Gasteiger partial charge in [0.1, 0.15) is 0 Å². The van der Waals surface area contributed by atoms with Crippen LogP contribution in [0.3, 0.4) is 0 Å². The summed E-state index contributed by atoms with van der Waals surface area (Å²) in [7, 11) is -3.90. The Hall–Kier alpha value is -1.90. The molecule has 0 spiro atoms. The number of carbonyl (C=O) groups is 1. The Labute approximate surface area is 162 Å². The van der Waals surface area contributed by atoms with Crippen LogP contribution in [0.25, 0.3) is 0 Å². The molecule has 7 nitrogen and oxygen atoms in total. The van der Waals surface area contributed by atoms with Gasteiger partial charge in [-0.1, -0.05) is 11.6 Å². The molecule has 0 radical (unpaired) electrons. The maximum atomic E-state index is 12.6. The van der Waals surface area contributed by atoms with Crippen molar-refractivity contribution in [2.75, 3.05) is 13.1 Å². The first-order chi connectivity index (χ1) is 12.9. The number of nitrogens with zero attached hydrogens (tertiary/aromatic N) is 2. The van der Waals surface area contributed by atoms with Gasteiger partial charge >= 0.3 is 5.91 Å². The molecule has 0 saturated carbocycles. The lowest BCUT2D eigenvalue weighted by Gasteiger charge is -2.49. The van der Waals surface area contributed by atoms with Crippen molar-refractivity contribution >= 4 is 27.3 Å². The molecule has 3 fully saturated rings. The number of oxazole rings is 1. The van der Waals surface area contributed by atoms with Gasteiger partial charge in [0, 0.05) is 17.1 Å². The maximum absolute atomic E-state index is 12.6. The Morgan fingerprint density at radius 3 is 2.56 bits per heavy atom. The van der Waals surface area contributed by atoms with Crippen LogP contribution in [0.15, 0.2) is 44.9 Å². The molecule has 0 aliphatic carbocycles. The minimum absolute atomic E-state index is 0.0169. The molecule has 3 aliphatic heterocycles. The third-order valence-electron chi connectivity index (χ3n) is 5.54. The van der Waals surface area contributed by atoms with Gasteiger partial charge in [-0.25, -0.2) is 13.4 Å². The van der Waals surface area contributed by atoms with Crippen LogP contribution in [0.5, 0.6) is 0 Å². The van der Waals surface area contributed by atoms with Crippen LogP contribution in [0.2, 0.25) is 5.02 Å². The first-order valence-corrected chi connectivity index (χ1v) is 10.7. The van der Waals surface area contributed by atoms with Gasteiger partial charge < -0.3 is 9.73 Å². The molecule has 1 aromatic carbocycles. The van der Waals surface area contributed by atoms with E-state index in [1.165, 1.54) is 24.3 Å². The van der Waals surface area contributed by atoms with E-state index in [1.54, 1.807) is 0 Å². The molecule has 3 saturated heterocycles. The molecule has 3 aliphatic rings. The summed E-state index contributed by atoms with van der Waals surface area (Å²) >= 11 is 5.80. The first kappa shape index (κ1) is 18.5. The smallest absolute Gasteiger partial charge is 0.307 e. The molecule has 144 valence electrons. The summed E-state index contributed by atoms with van der Waals surface area (Å²) in [6, 6.07) is 5.99. The number of aromatic nitrogens is 1. The third-order valence-corrected chi connectivity index (χ3v) is 7.41. The van der Waals surface area contributed by atoms with Crippen molar-refractivity contribution in [3.63, 3.8) is 0 Å². The monoisotopic (exact) mass is 409 g/mol. The predicted molar refractivity (Wildman–Crippen MR) is 98.4 cm³/mol. The average Bonchev–Trinajstić information content (AvgIpc) is 3.16. The molecular weight excluding hydrogens is 390 g/mol. The van der Waals surface area contributed by atoms with Gasteiger partial charge in [-0.05, 0) is 63.0 Å². The summed E-state index contributed by atoms with van der Waals surface area (Å²) in [6.07, 6.45) is 3.17. The van der Waals surface area contributed by atoms with Crippen molar-refractivity contribution in [3.8, 4) is 0 Å². The molecule has 1 amide bonds. The second-order valence-electron chi connectivity index (χ2n) is 7.06. The van der Waals surface area contributed by atoms with Crippen LogP contribution < -0.4 is 5.32 Å². The zero-order chi connectivity index (χ0) is 19.2. The summed E-state index contributed by atoms with van der Waals surface area (Å²) < 4.78 is 30.5. The van der Waals surface area contributed by atoms with E-state index in [0.29, 0.717) is 10.9 Å². The molecule has 27 heavy (non-hydrogen) atoms. The molecule has 5 rings (SSSR count). The summed E-state index contributed by atoms with van der Waals surface area (Å²) in [5.41, 5.74) is 0. The molecule has 2 bridgehead atoms. The second-order valence-corrected chi connectivity index (χ2v) is 9.37. The topological polar surface area (TPSA) is 92.5 Å². The van der Waals surface area contributed by atoms with Crippen LogP contribution in [0.1, 0.15) is 30.5 Å². The largest absolute Gasteiger partial charge is 0.420 e. The highest BCUT2D eigenvalue weighted by Crippen LogP contribution is 2.32. The van der Waals surface area contributed by atoms with E-state index < -0.39 is 15.7 Å². The molecule has 4 heterocycles. The number of sulfone groups is 1. The van der Waals surface area contributed by atoms with Crippen molar-refractivity contribution in [2.24, 2.45) is 5.92 Å². The third kappa shape index (κ3) is 3.37. The number of piperidine rings is 3. The Morgan fingerprint density at radius 2 is 1.93 bits per heavy atom. The lowest BCUT2D eigenvalue weighted by molar-refractivity contribution is 0.0209. The minimum atomic E-state index is -3.90. The average molecular weight is 410 g/mol. The number of fused-ring (bicyclic) bond motifs is 3. The van der Waals surface area contributed by atoms with E-state index in [9.17, 15) is 13.2 Å². The maximum Gasteiger partial charge on any atom is 0.307 e. The van der Waals surface area contributed by atoms with E-state index in [2.05, 4.69) is 22.1 Å². The molecule has 0 unspecified atom stereocenters. The lowest BCUT2D eigenvalue weighted by atomic mass is 9.79. The molecule has 2 aromatic rings. The fraction of sp³-hybridized carbons (Fsp3) is 0.444. The van der Waals surface area contributed by atoms with Gasteiger partial charge in [-0.3, -0.25) is 9.69 Å². The van der Waals surface area contributed by atoms with Crippen LogP contribution in [0.4, 0.5) is 0 Å². The minimum Gasteiger partial charge on any atom is -0.420 e. The van der Waals surface area contributed by atoms with Crippen LogP contribution in [0, 0.1) is 5.92 Å². The number of amides is 1. The van der Waals surface area contributed by atoms with Gasteiger partial charge in [0.2, 0.25) is 14.9 Å². The molecule has 1 N–H and O–H groups in total. The Bertz CT molecular complexity index is 947. The molecular formula is C18H20ClN3O4S. The summed E-state index contributed by atoms with van der Waals surface area (Å²) in [5.74, 6) is -0.300. The number of hydrogen-bond donors (Lipinski definition) is 1. The van der Waals surface area contributed by atoms with Crippen LogP contribution >= 0.6 is 11.6 Å². The normalized spacial score (nSPS) is 27.5. The number of benzene rings is 1. The number of hydrogen-bond acceptors (Lipinski definition) is 6. The summed E-state index contributed by atoms with van der Waals surface area (Å²) in [4.78, 5) is 18.8. The van der Waals surface area contributed by atoms with Gasteiger partial charge in [0.25, 0.3) is 5.89 Å². The van der Waals surface area contributed by atoms with Gasteiger partial charge in [-0.2, -0.15) is 0 Å². The Kier molecular flexibility index (Phi) is 4.73. The van der Waals surface area contributed by atoms with Gasteiger partial charge in [0.05, 0.1) is 11.1 Å². The lowest BCUT2D eigenvalue weighted by Crippen LogP contribution is -2.62. The molecule has 9 heteroatoms. The number of nitrogens with one attached hydrogen (secondary N) is 1. The molecule has 1 aromatic heterocycles. The SMILES string of the molecule is C[C@@H]1[C@H](NC(=O)c2ncc(S(=O)(=O)c3ccc(Cl)cc3)o2)C2CCN1CC2. The van der Waals surface area contributed by atoms with Crippen molar-refractivity contribution in [1.82, 2.24) is 15.2 Å². The van der Waals surface area contributed by atoms with E-state index in [0.717, 1.165) is 32.1 Å². The van der Waals surface area contributed by atoms with Crippen LogP contribution in [-0.4, -0.2) is 49.4 Å². The fourth-order valence-electron chi connectivity index (χ4n) is 3.98. The Morgan fingerprint density at radius 1 is 1.26 bits per heavy atom. The van der Waals surface area contributed by atoms with Crippen molar-refractivity contribution in [2.45, 2.75) is 41.8 Å². The van der Waals surface area contributed by atoms with Crippen molar-refractivity contribution in [1.29, 1.82) is 0 Å². The summed E-state index contributed by atoms with van der Waals surface area (Å²) in [5, 5.41) is 3.04. The van der Waals surface area contributed by atoms with E-state index >= 15 is 0 Å². The molecule has 2 atom stereocenters. The first-order valence-electron chi connectivity index (χ1n) is 8.87. The number of rotatable bonds is 4. The fourth-order valence-corrected chi connectivity index (χ4v) is 5.21. The van der Waals surface area contributed by atoms with Crippen molar-refractivity contribution < 1.29 is 17.6 Å². The van der Waals surface area contributed by atoms with Gasteiger partial charge in [-0.15, -0.1) is 0 Å². The van der Waals surface area contributed by atoms with Crippen LogP contribution in [-0.2, 0) is 9.84 Å². The van der Waals surface area contributed by atoms with E-state index in [-0.39, 0.29) is 28.0 Å². The highest BCUT2D eigenvalue weighted by molar-refractivity contribution is 7.91.